The van der Waals surface area contributed by atoms with E-state index in [2.05, 4.69) is 32.0 Å². The first-order valence-corrected chi connectivity index (χ1v) is 11.0. The number of rotatable bonds is 11. The molecule has 0 atom stereocenters. The van der Waals surface area contributed by atoms with Crippen LogP contribution in [-0.4, -0.2) is 6.61 Å². The molecule has 0 heterocycles. The van der Waals surface area contributed by atoms with Crippen molar-refractivity contribution in [2.75, 3.05) is 6.61 Å². The van der Waals surface area contributed by atoms with Crippen molar-refractivity contribution in [3.05, 3.63) is 53.8 Å². The molecule has 0 saturated heterocycles. The van der Waals surface area contributed by atoms with Gasteiger partial charge in [0.15, 0.2) is 0 Å². The van der Waals surface area contributed by atoms with Crippen LogP contribution in [0.15, 0.2) is 42.5 Å². The molecule has 0 amide bonds. The summed E-state index contributed by atoms with van der Waals surface area (Å²) in [6.45, 7) is 5.14. The van der Waals surface area contributed by atoms with E-state index in [4.69, 9.17) is 4.74 Å². The lowest BCUT2D eigenvalue weighted by molar-refractivity contribution is 0.306. The van der Waals surface area contributed by atoms with Crippen LogP contribution >= 0.6 is 0 Å². The number of benzene rings is 3. The lowest BCUT2D eigenvalue weighted by Gasteiger charge is -2.10. The molecule has 0 aromatic heterocycles. The van der Waals surface area contributed by atoms with E-state index in [1.54, 1.807) is 0 Å². The minimum atomic E-state index is -0.113. The lowest BCUT2D eigenvalue weighted by atomic mass is 9.98. The first-order chi connectivity index (χ1) is 13.7. The average molecular weight is 381 g/mol. The van der Waals surface area contributed by atoms with Gasteiger partial charge in [0.25, 0.3) is 0 Å². The van der Waals surface area contributed by atoms with E-state index in [-0.39, 0.29) is 5.82 Å². The number of hydrogen-bond acceptors (Lipinski definition) is 1. The van der Waals surface area contributed by atoms with Gasteiger partial charge in [-0.2, -0.15) is 0 Å². The van der Waals surface area contributed by atoms with Crippen LogP contribution in [0.1, 0.15) is 70.8 Å². The van der Waals surface area contributed by atoms with Crippen LogP contribution in [0.2, 0.25) is 0 Å². The van der Waals surface area contributed by atoms with E-state index >= 15 is 4.39 Å². The monoisotopic (exact) mass is 380 g/mol. The van der Waals surface area contributed by atoms with Gasteiger partial charge in [0.1, 0.15) is 11.6 Å². The first kappa shape index (κ1) is 20.6. The number of ether oxygens (including phenoxy) is 1. The molecule has 0 aliphatic carbocycles. The van der Waals surface area contributed by atoms with E-state index < -0.39 is 0 Å². The van der Waals surface area contributed by atoms with Crippen molar-refractivity contribution in [2.24, 2.45) is 0 Å². The van der Waals surface area contributed by atoms with Crippen molar-refractivity contribution in [1.29, 1.82) is 0 Å². The Morgan fingerprint density at radius 2 is 1.50 bits per heavy atom. The van der Waals surface area contributed by atoms with Crippen LogP contribution in [0.5, 0.6) is 5.75 Å². The van der Waals surface area contributed by atoms with Crippen molar-refractivity contribution in [2.45, 2.75) is 71.6 Å². The van der Waals surface area contributed by atoms with Gasteiger partial charge in [-0.25, -0.2) is 4.39 Å². The average Bonchev–Trinajstić information content (AvgIpc) is 2.71. The standard InChI is InChI=1S/C26H33FO/c1-3-5-7-8-9-11-20-12-13-21-18-22-19-23(28-16-10-6-4-2)14-15-24(22)26(27)25(21)17-20/h12-15,17-19H,3-11,16H2,1-2H3. The fourth-order valence-corrected chi connectivity index (χ4v) is 3.81. The summed E-state index contributed by atoms with van der Waals surface area (Å²) in [5.74, 6) is 0.712. The maximum Gasteiger partial charge on any atom is 0.138 e. The molecule has 2 heteroatoms. The van der Waals surface area contributed by atoms with Crippen LogP contribution in [0.3, 0.4) is 0 Å². The van der Waals surface area contributed by atoms with Gasteiger partial charge < -0.3 is 4.74 Å². The SMILES string of the molecule is CCCCCCCc1ccc2cc3cc(OCCCCC)ccc3c(F)c2c1. The summed E-state index contributed by atoms with van der Waals surface area (Å²) in [5.41, 5.74) is 1.23. The zero-order valence-electron chi connectivity index (χ0n) is 17.4. The number of fused-ring (bicyclic) bond motifs is 2. The summed E-state index contributed by atoms with van der Waals surface area (Å²) in [4.78, 5) is 0. The molecule has 0 N–H and O–H groups in total. The number of unbranched alkanes of at least 4 members (excludes halogenated alkanes) is 6. The van der Waals surface area contributed by atoms with E-state index in [1.807, 2.05) is 24.3 Å². The summed E-state index contributed by atoms with van der Waals surface area (Å²) in [6.07, 6.45) is 10.7. The number of aryl methyl sites for hydroxylation is 1. The summed E-state index contributed by atoms with van der Waals surface area (Å²) < 4.78 is 21.0. The van der Waals surface area contributed by atoms with E-state index in [9.17, 15) is 0 Å². The number of hydrogen-bond donors (Lipinski definition) is 0. The molecule has 3 aromatic carbocycles. The summed E-state index contributed by atoms with van der Waals surface area (Å²) in [6, 6.07) is 14.0. The Bertz CT molecular complexity index is 900. The van der Waals surface area contributed by atoms with E-state index in [0.29, 0.717) is 5.39 Å². The molecule has 0 fully saturated rings. The van der Waals surface area contributed by atoms with Gasteiger partial charge in [-0.1, -0.05) is 64.5 Å². The highest BCUT2D eigenvalue weighted by Gasteiger charge is 2.09. The maximum atomic E-state index is 15.2. The van der Waals surface area contributed by atoms with Crippen LogP contribution in [0.4, 0.5) is 4.39 Å². The van der Waals surface area contributed by atoms with Crippen LogP contribution < -0.4 is 4.74 Å². The van der Waals surface area contributed by atoms with Crippen LogP contribution in [-0.2, 0) is 6.42 Å². The molecule has 0 radical (unpaired) electrons. The van der Waals surface area contributed by atoms with Crippen molar-refractivity contribution in [3.8, 4) is 5.75 Å². The van der Waals surface area contributed by atoms with Crippen molar-refractivity contribution < 1.29 is 9.13 Å². The largest absolute Gasteiger partial charge is 0.494 e. The fraction of sp³-hybridized carbons (Fsp3) is 0.462. The Balaban J connectivity index is 1.77. The summed E-state index contributed by atoms with van der Waals surface area (Å²) >= 11 is 0. The van der Waals surface area contributed by atoms with Crippen molar-refractivity contribution in [1.82, 2.24) is 0 Å². The minimum Gasteiger partial charge on any atom is -0.494 e. The molecule has 0 unspecified atom stereocenters. The Morgan fingerprint density at radius 1 is 0.714 bits per heavy atom. The molecular formula is C26H33FO. The van der Waals surface area contributed by atoms with Crippen LogP contribution in [0, 0.1) is 5.82 Å². The third-order valence-electron chi connectivity index (χ3n) is 5.51. The highest BCUT2D eigenvalue weighted by atomic mass is 19.1. The topological polar surface area (TPSA) is 9.23 Å². The van der Waals surface area contributed by atoms with Gasteiger partial charge in [-0.05, 0) is 65.9 Å². The molecule has 3 rings (SSSR count). The Labute approximate surface area is 168 Å². The predicted octanol–water partition coefficient (Wildman–Crippen LogP) is 8.21. The Kier molecular flexibility index (Phi) is 7.71. The predicted molar refractivity (Wildman–Crippen MR) is 119 cm³/mol. The van der Waals surface area contributed by atoms with E-state index in [0.717, 1.165) is 41.4 Å². The van der Waals surface area contributed by atoms with Gasteiger partial charge in [0.05, 0.1) is 6.61 Å². The van der Waals surface area contributed by atoms with Crippen LogP contribution in [0.25, 0.3) is 21.5 Å². The minimum absolute atomic E-state index is 0.113. The smallest absolute Gasteiger partial charge is 0.138 e. The quantitative estimate of drug-likeness (QED) is 0.240. The highest BCUT2D eigenvalue weighted by Crippen LogP contribution is 2.31. The molecule has 1 nitrogen and oxygen atoms in total. The summed E-state index contributed by atoms with van der Waals surface area (Å²) in [5, 5.41) is 3.27. The van der Waals surface area contributed by atoms with Gasteiger partial charge in [-0.15, -0.1) is 0 Å². The van der Waals surface area contributed by atoms with Crippen molar-refractivity contribution >= 4 is 21.5 Å². The Morgan fingerprint density at radius 3 is 2.32 bits per heavy atom. The maximum absolute atomic E-state index is 15.2. The number of halogens is 1. The second kappa shape index (κ2) is 10.5. The first-order valence-electron chi connectivity index (χ1n) is 11.0. The molecule has 0 spiro atoms. The zero-order chi connectivity index (χ0) is 19.8. The molecule has 150 valence electrons. The lowest BCUT2D eigenvalue weighted by Crippen LogP contribution is -1.97. The summed E-state index contributed by atoms with van der Waals surface area (Å²) in [7, 11) is 0. The molecule has 0 bridgehead atoms. The van der Waals surface area contributed by atoms with Gasteiger partial charge in [0, 0.05) is 10.8 Å². The Hall–Kier alpha value is -2.09. The zero-order valence-corrected chi connectivity index (χ0v) is 17.4. The highest BCUT2D eigenvalue weighted by molar-refractivity contribution is 5.99. The molecule has 28 heavy (non-hydrogen) atoms. The second-order valence-electron chi connectivity index (χ2n) is 7.85. The third-order valence-corrected chi connectivity index (χ3v) is 5.51. The molecule has 3 aromatic rings. The van der Waals surface area contributed by atoms with Gasteiger partial charge >= 0.3 is 0 Å². The van der Waals surface area contributed by atoms with Crippen molar-refractivity contribution in [3.63, 3.8) is 0 Å². The molecule has 0 aliphatic rings. The second-order valence-corrected chi connectivity index (χ2v) is 7.85. The third kappa shape index (κ3) is 5.25. The van der Waals surface area contributed by atoms with Gasteiger partial charge in [0.2, 0.25) is 0 Å². The molecule has 0 saturated carbocycles. The van der Waals surface area contributed by atoms with Gasteiger partial charge in [-0.3, -0.25) is 0 Å². The molecule has 0 aliphatic heterocycles. The fourth-order valence-electron chi connectivity index (χ4n) is 3.81. The molecular weight excluding hydrogens is 347 g/mol. The van der Waals surface area contributed by atoms with E-state index in [1.165, 1.54) is 50.5 Å². The normalized spacial score (nSPS) is 11.4.